The van der Waals surface area contributed by atoms with E-state index < -0.39 is 29.3 Å². The Morgan fingerprint density at radius 2 is 2.10 bits per heavy atom. The van der Waals surface area contributed by atoms with E-state index in [1.54, 1.807) is 36.4 Å². The van der Waals surface area contributed by atoms with Crippen LogP contribution in [0.15, 0.2) is 40.9 Å². The maximum atomic E-state index is 13.5. The Bertz CT molecular complexity index is 1100. The molecule has 1 saturated heterocycles. The molecule has 2 heterocycles. The Morgan fingerprint density at radius 1 is 1.32 bits per heavy atom. The summed E-state index contributed by atoms with van der Waals surface area (Å²) in [5, 5.41) is 9.35. The van der Waals surface area contributed by atoms with Crippen LogP contribution in [0, 0.1) is 5.92 Å². The van der Waals surface area contributed by atoms with Gasteiger partial charge in [0.1, 0.15) is 11.3 Å². The lowest BCUT2D eigenvalue weighted by Crippen LogP contribution is -2.52. The van der Waals surface area contributed by atoms with Crippen molar-refractivity contribution in [2.24, 2.45) is 11.7 Å². The molecule has 0 aromatic heterocycles. The van der Waals surface area contributed by atoms with E-state index in [0.717, 1.165) is 4.47 Å². The van der Waals surface area contributed by atoms with Gasteiger partial charge in [-0.15, -0.1) is 0 Å². The molecule has 31 heavy (non-hydrogen) atoms. The Labute approximate surface area is 192 Å². The van der Waals surface area contributed by atoms with Crippen LogP contribution in [0.2, 0.25) is 5.02 Å². The summed E-state index contributed by atoms with van der Waals surface area (Å²) in [6, 6.07) is 9.80. The van der Waals surface area contributed by atoms with E-state index in [9.17, 15) is 14.4 Å². The zero-order chi connectivity index (χ0) is 22.3. The van der Waals surface area contributed by atoms with E-state index in [1.165, 1.54) is 7.11 Å². The lowest BCUT2D eigenvalue weighted by molar-refractivity contribution is -0.130. The molecule has 162 valence electrons. The second-order valence-electron chi connectivity index (χ2n) is 7.59. The summed E-state index contributed by atoms with van der Waals surface area (Å²) in [5.41, 5.74) is 5.69. The number of hydrogen-bond acceptors (Lipinski definition) is 5. The Morgan fingerprint density at radius 3 is 2.81 bits per heavy atom. The Hall–Kier alpha value is -2.62. The fourth-order valence-electron chi connectivity index (χ4n) is 4.41. The number of benzene rings is 2. The number of nitrogens with one attached hydrogen (secondary N) is 3. The molecule has 3 amide bonds. The van der Waals surface area contributed by atoms with Crippen LogP contribution in [0.4, 0.5) is 11.4 Å². The van der Waals surface area contributed by atoms with Gasteiger partial charge in [-0.05, 0) is 42.8 Å². The maximum absolute atomic E-state index is 13.5. The number of nitrogens with two attached hydrogens (primary N) is 1. The van der Waals surface area contributed by atoms with Crippen LogP contribution in [0.25, 0.3) is 0 Å². The van der Waals surface area contributed by atoms with Crippen molar-refractivity contribution in [3.63, 3.8) is 0 Å². The van der Waals surface area contributed by atoms with Crippen LogP contribution in [-0.2, 0) is 19.9 Å². The third-order valence-corrected chi connectivity index (χ3v) is 6.40. The van der Waals surface area contributed by atoms with Gasteiger partial charge in [0, 0.05) is 33.2 Å². The summed E-state index contributed by atoms with van der Waals surface area (Å²) in [7, 11) is 1.48. The first kappa shape index (κ1) is 21.6. The van der Waals surface area contributed by atoms with Crippen molar-refractivity contribution in [3.05, 3.63) is 51.5 Å². The van der Waals surface area contributed by atoms with Crippen molar-refractivity contribution in [2.45, 2.75) is 24.4 Å². The predicted molar refractivity (Wildman–Crippen MR) is 120 cm³/mol. The number of methoxy groups -OCH3 is 1. The fraction of sp³-hybridized carbons (Fsp3) is 0.286. The molecular formula is C21H20BrClN4O4. The average molecular weight is 508 g/mol. The van der Waals surface area contributed by atoms with Crippen LogP contribution < -0.4 is 26.4 Å². The highest BCUT2D eigenvalue weighted by Crippen LogP contribution is 2.48. The number of rotatable bonds is 5. The molecule has 0 aliphatic carbocycles. The van der Waals surface area contributed by atoms with Gasteiger partial charge in [0.2, 0.25) is 17.7 Å². The minimum atomic E-state index is -1.34. The largest absolute Gasteiger partial charge is 0.495 e. The summed E-state index contributed by atoms with van der Waals surface area (Å²) < 4.78 is 6.07. The first-order valence-corrected chi connectivity index (χ1v) is 10.7. The Balaban J connectivity index is 1.75. The third kappa shape index (κ3) is 3.77. The van der Waals surface area contributed by atoms with Gasteiger partial charge in [-0.25, -0.2) is 0 Å². The molecular weight excluding hydrogens is 488 g/mol. The van der Waals surface area contributed by atoms with Crippen LogP contribution in [-0.4, -0.2) is 30.9 Å². The fourth-order valence-corrected chi connectivity index (χ4v) is 4.94. The lowest BCUT2D eigenvalue weighted by atomic mass is 9.79. The lowest BCUT2D eigenvalue weighted by Gasteiger charge is -2.29. The van der Waals surface area contributed by atoms with Crippen molar-refractivity contribution in [2.75, 3.05) is 17.7 Å². The topological polar surface area (TPSA) is 123 Å². The molecule has 0 bridgehead atoms. The summed E-state index contributed by atoms with van der Waals surface area (Å²) in [6.07, 6.45) is 0.250. The number of primary amides is 1. The van der Waals surface area contributed by atoms with E-state index in [2.05, 4.69) is 31.9 Å². The molecule has 4 rings (SSSR count). The summed E-state index contributed by atoms with van der Waals surface area (Å²) >= 11 is 9.52. The van der Waals surface area contributed by atoms with Crippen LogP contribution in [0.1, 0.15) is 18.4 Å². The van der Waals surface area contributed by atoms with E-state index in [1.807, 2.05) is 0 Å². The highest BCUT2D eigenvalue weighted by molar-refractivity contribution is 9.10. The first-order valence-electron chi connectivity index (χ1n) is 9.56. The normalized spacial score (nSPS) is 24.0. The molecule has 0 radical (unpaired) electrons. The smallest absolute Gasteiger partial charge is 0.250 e. The minimum absolute atomic E-state index is 0.00261. The number of anilines is 2. The zero-order valence-electron chi connectivity index (χ0n) is 16.5. The quantitative estimate of drug-likeness (QED) is 0.496. The SMILES string of the molecule is COc1ccc(Cl)cc1NC(=O)[C@H]1C[C@@H](CC(N)=O)N[C@]12C(=O)Nc1ccc(Br)cc12. The van der Waals surface area contributed by atoms with E-state index in [4.69, 9.17) is 22.1 Å². The van der Waals surface area contributed by atoms with Crippen molar-refractivity contribution in [3.8, 4) is 5.75 Å². The number of halogens is 2. The van der Waals surface area contributed by atoms with Crippen LogP contribution >= 0.6 is 27.5 Å². The number of hydrogen-bond donors (Lipinski definition) is 4. The standard InChI is InChI=1S/C21H20BrClN4O4/c1-31-17-5-3-11(23)7-16(17)25-19(29)14-8-12(9-18(24)28)27-21(14)13-6-10(22)2-4-15(13)26-20(21)30/h2-7,12,14,27H,8-9H2,1H3,(H2,24,28)(H,25,29)(H,26,30)/t12-,14+,21-/m0/s1. The summed E-state index contributed by atoms with van der Waals surface area (Å²) in [4.78, 5) is 38.3. The monoisotopic (exact) mass is 506 g/mol. The number of ether oxygens (including phenoxy) is 1. The van der Waals surface area contributed by atoms with Gasteiger partial charge in [0.05, 0.1) is 18.7 Å². The second kappa shape index (κ2) is 8.14. The number of carbonyl (C=O) groups is 3. The number of amides is 3. The molecule has 0 unspecified atom stereocenters. The summed E-state index contributed by atoms with van der Waals surface area (Å²) in [5.74, 6) is -1.64. The molecule has 2 aromatic carbocycles. The van der Waals surface area contributed by atoms with Gasteiger partial charge < -0.3 is 21.1 Å². The highest BCUT2D eigenvalue weighted by atomic mass is 79.9. The molecule has 0 saturated carbocycles. The molecule has 2 aliphatic heterocycles. The average Bonchev–Trinajstić information content (AvgIpc) is 3.21. The molecule has 10 heteroatoms. The molecule has 1 spiro atoms. The molecule has 1 fully saturated rings. The van der Waals surface area contributed by atoms with Gasteiger partial charge in [-0.1, -0.05) is 27.5 Å². The summed E-state index contributed by atoms with van der Waals surface area (Å²) in [6.45, 7) is 0. The van der Waals surface area contributed by atoms with Gasteiger partial charge >= 0.3 is 0 Å². The van der Waals surface area contributed by atoms with Gasteiger partial charge in [-0.2, -0.15) is 0 Å². The molecule has 2 aliphatic rings. The van der Waals surface area contributed by atoms with Crippen molar-refractivity contribution in [1.82, 2.24) is 5.32 Å². The van der Waals surface area contributed by atoms with Crippen molar-refractivity contribution >= 4 is 56.6 Å². The van der Waals surface area contributed by atoms with Gasteiger partial charge in [-0.3, -0.25) is 19.7 Å². The molecule has 8 nitrogen and oxygen atoms in total. The molecule has 2 aromatic rings. The molecule has 5 N–H and O–H groups in total. The van der Waals surface area contributed by atoms with Crippen molar-refractivity contribution in [1.29, 1.82) is 0 Å². The zero-order valence-corrected chi connectivity index (χ0v) is 18.8. The van der Waals surface area contributed by atoms with Gasteiger partial charge in [0.15, 0.2) is 0 Å². The van der Waals surface area contributed by atoms with Crippen LogP contribution in [0.3, 0.4) is 0 Å². The predicted octanol–water partition coefficient (Wildman–Crippen LogP) is 2.75. The second-order valence-corrected chi connectivity index (χ2v) is 8.94. The number of fused-ring (bicyclic) bond motifs is 2. The highest BCUT2D eigenvalue weighted by Gasteiger charge is 2.60. The van der Waals surface area contributed by atoms with E-state index >= 15 is 0 Å². The van der Waals surface area contributed by atoms with Crippen molar-refractivity contribution < 1.29 is 19.1 Å². The van der Waals surface area contributed by atoms with E-state index in [0.29, 0.717) is 27.7 Å². The number of carbonyl (C=O) groups excluding carboxylic acids is 3. The third-order valence-electron chi connectivity index (χ3n) is 5.67. The van der Waals surface area contributed by atoms with Crippen LogP contribution in [0.5, 0.6) is 5.75 Å². The van der Waals surface area contributed by atoms with E-state index in [-0.39, 0.29) is 18.7 Å². The Kier molecular flexibility index (Phi) is 5.67. The van der Waals surface area contributed by atoms with Gasteiger partial charge in [0.25, 0.3) is 0 Å². The first-order chi connectivity index (χ1) is 14.7. The minimum Gasteiger partial charge on any atom is -0.495 e. The molecule has 3 atom stereocenters. The maximum Gasteiger partial charge on any atom is 0.250 e.